The van der Waals surface area contributed by atoms with E-state index in [-0.39, 0.29) is 18.1 Å². The molecule has 2 N–H and O–H groups in total. The number of aryl methyl sites for hydroxylation is 1. The molecular formula is C17H22N4O2. The fraction of sp³-hybridized carbons (Fsp3) is 0.412. The third-order valence-electron chi connectivity index (χ3n) is 4.03. The lowest BCUT2D eigenvalue weighted by atomic mass is 10.1. The van der Waals surface area contributed by atoms with Gasteiger partial charge in [0.1, 0.15) is 6.04 Å². The minimum atomic E-state index is -0.287. The number of hydrogen-bond donors (Lipinski definition) is 2. The van der Waals surface area contributed by atoms with Crippen molar-refractivity contribution in [1.29, 1.82) is 0 Å². The van der Waals surface area contributed by atoms with Gasteiger partial charge < -0.3 is 15.4 Å². The van der Waals surface area contributed by atoms with Crippen molar-refractivity contribution in [3.63, 3.8) is 0 Å². The van der Waals surface area contributed by atoms with Crippen LogP contribution in [-0.2, 0) is 23.1 Å². The molecule has 1 aromatic heterocycles. The van der Waals surface area contributed by atoms with Crippen molar-refractivity contribution in [1.82, 2.24) is 20.4 Å². The molecular weight excluding hydrogens is 292 g/mol. The topological polar surface area (TPSA) is 68.2 Å². The maximum Gasteiger partial charge on any atom is 0.240 e. The maximum absolute atomic E-state index is 12.3. The summed E-state index contributed by atoms with van der Waals surface area (Å²) in [7, 11) is 1.90. The Labute approximate surface area is 135 Å². The summed E-state index contributed by atoms with van der Waals surface area (Å²) in [6.07, 6.45) is 3.70. The summed E-state index contributed by atoms with van der Waals surface area (Å²) in [5.74, 6) is -0.0241. The van der Waals surface area contributed by atoms with Crippen LogP contribution >= 0.6 is 0 Å². The van der Waals surface area contributed by atoms with Crippen LogP contribution in [0.25, 0.3) is 11.1 Å². The van der Waals surface area contributed by atoms with Crippen LogP contribution in [0.5, 0.6) is 0 Å². The summed E-state index contributed by atoms with van der Waals surface area (Å²) in [6, 6.07) is 7.83. The van der Waals surface area contributed by atoms with Crippen LogP contribution in [-0.4, -0.2) is 41.0 Å². The largest absolute Gasteiger partial charge is 0.375 e. The fourth-order valence-electron chi connectivity index (χ4n) is 2.76. The molecule has 6 heteroatoms. The Morgan fingerprint density at radius 1 is 1.48 bits per heavy atom. The molecule has 2 atom stereocenters. The van der Waals surface area contributed by atoms with Crippen LogP contribution in [0.3, 0.4) is 0 Å². The van der Waals surface area contributed by atoms with Gasteiger partial charge >= 0.3 is 0 Å². The fourth-order valence-corrected chi connectivity index (χ4v) is 2.76. The summed E-state index contributed by atoms with van der Waals surface area (Å²) in [5.41, 5.74) is 3.22. The second-order valence-electron chi connectivity index (χ2n) is 5.83. The Morgan fingerprint density at radius 3 is 3.09 bits per heavy atom. The highest BCUT2D eigenvalue weighted by Gasteiger charge is 2.27. The van der Waals surface area contributed by atoms with E-state index in [1.165, 1.54) is 0 Å². The normalized spacial score (nSPS) is 21.1. The number of morpholine rings is 1. The van der Waals surface area contributed by atoms with Gasteiger partial charge in [-0.2, -0.15) is 5.10 Å². The van der Waals surface area contributed by atoms with Crippen molar-refractivity contribution < 1.29 is 9.53 Å². The number of carbonyl (C=O) groups excluding carboxylic acids is 1. The molecule has 0 radical (unpaired) electrons. The van der Waals surface area contributed by atoms with Crippen molar-refractivity contribution in [2.75, 3.05) is 13.2 Å². The van der Waals surface area contributed by atoms with Crippen molar-refractivity contribution in [2.45, 2.75) is 25.6 Å². The van der Waals surface area contributed by atoms with Crippen LogP contribution in [0.15, 0.2) is 36.7 Å². The number of ether oxygens (including phenoxy) is 1. The zero-order chi connectivity index (χ0) is 16.2. The molecule has 2 heterocycles. The lowest BCUT2D eigenvalue weighted by molar-refractivity contribution is -0.129. The van der Waals surface area contributed by atoms with E-state index >= 15 is 0 Å². The first-order valence-electron chi connectivity index (χ1n) is 7.84. The van der Waals surface area contributed by atoms with Crippen molar-refractivity contribution in [3.8, 4) is 11.1 Å². The van der Waals surface area contributed by atoms with Crippen LogP contribution in [0.2, 0.25) is 0 Å². The number of nitrogens with one attached hydrogen (secondary N) is 2. The summed E-state index contributed by atoms with van der Waals surface area (Å²) in [5, 5.41) is 10.4. The van der Waals surface area contributed by atoms with Crippen LogP contribution < -0.4 is 10.6 Å². The minimum absolute atomic E-state index is 0.0241. The summed E-state index contributed by atoms with van der Waals surface area (Å²) >= 11 is 0. The Hall–Kier alpha value is -2.18. The summed E-state index contributed by atoms with van der Waals surface area (Å²) in [4.78, 5) is 12.3. The molecule has 1 amide bonds. The third-order valence-corrected chi connectivity index (χ3v) is 4.03. The average Bonchev–Trinajstić information content (AvgIpc) is 3.00. The van der Waals surface area contributed by atoms with E-state index in [9.17, 15) is 4.79 Å². The Morgan fingerprint density at radius 2 is 2.35 bits per heavy atom. The van der Waals surface area contributed by atoms with Crippen molar-refractivity contribution >= 4 is 5.91 Å². The highest BCUT2D eigenvalue weighted by Crippen LogP contribution is 2.19. The monoisotopic (exact) mass is 314 g/mol. The van der Waals surface area contributed by atoms with Gasteiger partial charge in [0, 0.05) is 31.9 Å². The Kier molecular flexibility index (Phi) is 4.73. The number of benzene rings is 1. The van der Waals surface area contributed by atoms with Crippen molar-refractivity contribution in [3.05, 3.63) is 42.2 Å². The Bertz CT molecular complexity index is 683. The lowest BCUT2D eigenvalue weighted by Crippen LogP contribution is -2.55. The van der Waals surface area contributed by atoms with E-state index in [4.69, 9.17) is 4.74 Å². The second kappa shape index (κ2) is 6.93. The van der Waals surface area contributed by atoms with Gasteiger partial charge in [-0.1, -0.05) is 18.2 Å². The predicted octanol–water partition coefficient (Wildman–Crippen LogP) is 1.08. The molecule has 1 saturated heterocycles. The van der Waals surface area contributed by atoms with Gasteiger partial charge in [-0.05, 0) is 24.1 Å². The molecule has 2 aromatic rings. The average molecular weight is 314 g/mol. The number of aromatic nitrogens is 2. The summed E-state index contributed by atoms with van der Waals surface area (Å²) in [6.45, 7) is 3.77. The van der Waals surface area contributed by atoms with E-state index in [2.05, 4.69) is 21.8 Å². The molecule has 1 aliphatic heterocycles. The molecule has 0 aliphatic carbocycles. The van der Waals surface area contributed by atoms with Crippen LogP contribution in [0.4, 0.5) is 0 Å². The quantitative estimate of drug-likeness (QED) is 0.886. The molecule has 0 spiro atoms. The maximum atomic E-state index is 12.3. The standard InChI is InChI=1S/C17H22N4O2/c1-12-16(18-6-7-23-12)17(22)19-9-13-4-3-5-14(8-13)15-10-20-21(2)11-15/h3-5,8,10-12,16,18H,6-7,9H2,1-2H3,(H,19,22)/t12-,16+/m1/s1. The predicted molar refractivity (Wildman–Crippen MR) is 87.7 cm³/mol. The number of amides is 1. The van der Waals surface area contributed by atoms with Gasteiger partial charge in [-0.15, -0.1) is 0 Å². The van der Waals surface area contributed by atoms with E-state index in [0.29, 0.717) is 19.7 Å². The summed E-state index contributed by atoms with van der Waals surface area (Å²) < 4.78 is 7.29. The van der Waals surface area contributed by atoms with Gasteiger partial charge in [0.2, 0.25) is 5.91 Å². The van der Waals surface area contributed by atoms with Gasteiger partial charge in [0.05, 0.1) is 18.9 Å². The molecule has 0 bridgehead atoms. The SMILES string of the molecule is C[C@H]1OCCN[C@@H]1C(=O)NCc1cccc(-c2cnn(C)c2)c1. The number of rotatable bonds is 4. The molecule has 1 aromatic carbocycles. The highest BCUT2D eigenvalue weighted by atomic mass is 16.5. The first-order valence-corrected chi connectivity index (χ1v) is 7.84. The zero-order valence-corrected chi connectivity index (χ0v) is 13.5. The molecule has 23 heavy (non-hydrogen) atoms. The van der Waals surface area contributed by atoms with Crippen molar-refractivity contribution in [2.24, 2.45) is 7.05 Å². The molecule has 6 nitrogen and oxygen atoms in total. The smallest absolute Gasteiger partial charge is 0.240 e. The second-order valence-corrected chi connectivity index (χ2v) is 5.83. The van der Waals surface area contributed by atoms with Gasteiger partial charge in [-0.3, -0.25) is 9.48 Å². The molecule has 0 unspecified atom stereocenters. The van der Waals surface area contributed by atoms with Crippen LogP contribution in [0.1, 0.15) is 12.5 Å². The zero-order valence-electron chi connectivity index (χ0n) is 13.5. The molecule has 3 rings (SSSR count). The van der Waals surface area contributed by atoms with E-state index in [0.717, 1.165) is 16.7 Å². The first-order chi connectivity index (χ1) is 11.1. The molecule has 1 aliphatic rings. The minimum Gasteiger partial charge on any atom is -0.375 e. The van der Waals surface area contributed by atoms with Gasteiger partial charge in [0.25, 0.3) is 0 Å². The number of hydrogen-bond acceptors (Lipinski definition) is 4. The Balaban J connectivity index is 1.63. The molecule has 1 fully saturated rings. The van der Waals surface area contributed by atoms with Crippen LogP contribution in [0, 0.1) is 0 Å². The van der Waals surface area contributed by atoms with E-state index in [1.807, 2.05) is 44.6 Å². The van der Waals surface area contributed by atoms with E-state index in [1.54, 1.807) is 4.68 Å². The lowest BCUT2D eigenvalue weighted by Gasteiger charge is -2.29. The first kappa shape index (κ1) is 15.7. The van der Waals surface area contributed by atoms with E-state index < -0.39 is 0 Å². The number of carbonyl (C=O) groups is 1. The number of nitrogens with zero attached hydrogens (tertiary/aromatic N) is 2. The van der Waals surface area contributed by atoms with Gasteiger partial charge in [-0.25, -0.2) is 0 Å². The molecule has 0 saturated carbocycles. The highest BCUT2D eigenvalue weighted by molar-refractivity contribution is 5.82. The third kappa shape index (κ3) is 3.78. The van der Waals surface area contributed by atoms with Gasteiger partial charge in [0.15, 0.2) is 0 Å². The molecule has 122 valence electrons.